The van der Waals surface area contributed by atoms with Crippen molar-refractivity contribution in [2.45, 2.75) is 18.7 Å². The molecule has 2 heterocycles. The Labute approximate surface area is 172 Å². The number of sulfonamides is 1. The van der Waals surface area contributed by atoms with Crippen molar-refractivity contribution >= 4 is 33.0 Å². The largest absolute Gasteiger partial charge is 0.306 e. The number of fused-ring (bicyclic) bond motifs is 1. The van der Waals surface area contributed by atoms with Gasteiger partial charge in [-0.1, -0.05) is 23.7 Å². The second-order valence-corrected chi connectivity index (χ2v) is 8.90. The standard InChI is InChI=1S/C21H17ClFN3O2S/c1-13-7-8-26-12-20(24-21(26)9-13)15-4-3-14(2)19(10-15)25-29(27,28)16-5-6-18(23)17(22)11-16/h3-12,25H,1-2H3. The van der Waals surface area contributed by atoms with Gasteiger partial charge in [0.2, 0.25) is 0 Å². The molecule has 4 aromatic rings. The van der Waals surface area contributed by atoms with Crippen molar-refractivity contribution in [2.24, 2.45) is 0 Å². The van der Waals surface area contributed by atoms with Gasteiger partial charge in [-0.3, -0.25) is 4.72 Å². The number of imidazole rings is 1. The third kappa shape index (κ3) is 3.83. The van der Waals surface area contributed by atoms with E-state index in [1.165, 1.54) is 6.07 Å². The second kappa shape index (κ2) is 7.17. The van der Waals surface area contributed by atoms with Crippen LogP contribution < -0.4 is 4.72 Å². The summed E-state index contributed by atoms with van der Waals surface area (Å²) in [5, 5.41) is -0.252. The number of nitrogens with one attached hydrogen (secondary N) is 1. The lowest BCUT2D eigenvalue weighted by atomic mass is 10.1. The highest BCUT2D eigenvalue weighted by molar-refractivity contribution is 7.92. The molecule has 4 rings (SSSR count). The van der Waals surface area contributed by atoms with E-state index in [1.807, 2.05) is 48.0 Å². The van der Waals surface area contributed by atoms with Gasteiger partial charge in [0.15, 0.2) is 0 Å². The summed E-state index contributed by atoms with van der Waals surface area (Å²) in [4.78, 5) is 4.50. The summed E-state index contributed by atoms with van der Waals surface area (Å²) in [5.41, 5.74) is 4.56. The Bertz CT molecular complexity index is 1350. The van der Waals surface area contributed by atoms with E-state index in [0.29, 0.717) is 5.69 Å². The van der Waals surface area contributed by atoms with Crippen LogP contribution in [0.2, 0.25) is 5.02 Å². The van der Waals surface area contributed by atoms with Crippen molar-refractivity contribution in [2.75, 3.05) is 4.72 Å². The first-order chi connectivity index (χ1) is 13.7. The van der Waals surface area contributed by atoms with Crippen LogP contribution in [-0.4, -0.2) is 17.8 Å². The Hall–Kier alpha value is -2.90. The topological polar surface area (TPSA) is 63.5 Å². The number of rotatable bonds is 4. The molecule has 0 unspecified atom stereocenters. The molecular weight excluding hydrogens is 413 g/mol. The van der Waals surface area contributed by atoms with Crippen LogP contribution in [0.25, 0.3) is 16.9 Å². The molecule has 0 radical (unpaired) electrons. The molecule has 0 aliphatic carbocycles. The zero-order valence-corrected chi connectivity index (χ0v) is 17.2. The first kappa shape index (κ1) is 19.4. The highest BCUT2D eigenvalue weighted by Crippen LogP contribution is 2.28. The van der Waals surface area contributed by atoms with Gasteiger partial charge in [0, 0.05) is 18.0 Å². The molecule has 0 amide bonds. The summed E-state index contributed by atoms with van der Waals surface area (Å²) >= 11 is 5.73. The third-order valence-corrected chi connectivity index (χ3v) is 6.25. The van der Waals surface area contributed by atoms with E-state index in [9.17, 15) is 12.8 Å². The Balaban J connectivity index is 1.71. The van der Waals surface area contributed by atoms with E-state index in [-0.39, 0.29) is 9.92 Å². The van der Waals surface area contributed by atoms with Crippen LogP contribution in [0.1, 0.15) is 11.1 Å². The number of hydrogen-bond donors (Lipinski definition) is 1. The molecule has 8 heteroatoms. The Morgan fingerprint density at radius 2 is 1.86 bits per heavy atom. The summed E-state index contributed by atoms with van der Waals surface area (Å²) in [6.45, 7) is 3.79. The zero-order valence-electron chi connectivity index (χ0n) is 15.6. The predicted octanol–water partition coefficient (Wildman–Crippen LogP) is 5.21. The van der Waals surface area contributed by atoms with Crippen LogP contribution in [0.5, 0.6) is 0 Å². The average Bonchev–Trinajstić information content (AvgIpc) is 3.08. The summed E-state index contributed by atoms with van der Waals surface area (Å²) in [7, 11) is -3.93. The van der Waals surface area contributed by atoms with Crippen molar-refractivity contribution in [1.29, 1.82) is 0 Å². The normalized spacial score (nSPS) is 11.7. The fraction of sp³-hybridized carbons (Fsp3) is 0.0952. The number of benzene rings is 2. The molecule has 0 atom stereocenters. The van der Waals surface area contributed by atoms with Gasteiger partial charge in [0.1, 0.15) is 11.5 Å². The van der Waals surface area contributed by atoms with Crippen molar-refractivity contribution in [1.82, 2.24) is 9.38 Å². The Morgan fingerprint density at radius 1 is 1.07 bits per heavy atom. The molecule has 5 nitrogen and oxygen atoms in total. The van der Waals surface area contributed by atoms with Gasteiger partial charge in [-0.15, -0.1) is 0 Å². The number of nitrogens with zero attached hydrogens (tertiary/aromatic N) is 2. The number of hydrogen-bond acceptors (Lipinski definition) is 3. The number of pyridine rings is 1. The predicted molar refractivity (Wildman–Crippen MR) is 112 cm³/mol. The molecular formula is C21H17ClFN3O2S. The molecule has 1 N–H and O–H groups in total. The summed E-state index contributed by atoms with van der Waals surface area (Å²) in [6, 6.07) is 12.7. The van der Waals surface area contributed by atoms with E-state index in [1.54, 1.807) is 13.0 Å². The highest BCUT2D eigenvalue weighted by Gasteiger charge is 2.18. The number of halogens is 2. The highest BCUT2D eigenvalue weighted by atomic mass is 35.5. The van der Waals surface area contributed by atoms with Crippen molar-refractivity contribution < 1.29 is 12.8 Å². The van der Waals surface area contributed by atoms with Gasteiger partial charge in [0.05, 0.1) is 21.3 Å². The molecule has 2 aromatic carbocycles. The summed E-state index contributed by atoms with van der Waals surface area (Å²) in [6.07, 6.45) is 3.81. The van der Waals surface area contributed by atoms with Crippen molar-refractivity contribution in [3.63, 3.8) is 0 Å². The molecule has 0 aliphatic rings. The number of anilines is 1. The smallest absolute Gasteiger partial charge is 0.261 e. The third-order valence-electron chi connectivity index (χ3n) is 4.59. The van der Waals surface area contributed by atoms with Gasteiger partial charge in [-0.05, 0) is 61.4 Å². The van der Waals surface area contributed by atoms with Crippen molar-refractivity contribution in [3.8, 4) is 11.3 Å². The molecule has 0 saturated carbocycles. The lowest BCUT2D eigenvalue weighted by molar-refractivity contribution is 0.599. The first-order valence-corrected chi connectivity index (χ1v) is 10.6. The SMILES string of the molecule is Cc1ccn2cc(-c3ccc(C)c(NS(=O)(=O)c4ccc(F)c(Cl)c4)c3)nc2c1. The van der Waals surface area contributed by atoms with Gasteiger partial charge in [-0.2, -0.15) is 0 Å². The van der Waals surface area contributed by atoms with E-state index >= 15 is 0 Å². The number of aryl methyl sites for hydroxylation is 2. The Morgan fingerprint density at radius 3 is 2.62 bits per heavy atom. The maximum atomic E-state index is 13.4. The molecule has 0 saturated heterocycles. The van der Waals surface area contributed by atoms with Crippen LogP contribution in [0, 0.1) is 19.7 Å². The molecule has 0 fully saturated rings. The van der Waals surface area contributed by atoms with Crippen LogP contribution in [0.4, 0.5) is 10.1 Å². The number of aromatic nitrogens is 2. The monoisotopic (exact) mass is 429 g/mol. The van der Waals surface area contributed by atoms with Gasteiger partial charge < -0.3 is 4.40 Å². The molecule has 2 aromatic heterocycles. The quantitative estimate of drug-likeness (QED) is 0.484. The Kier molecular flexibility index (Phi) is 4.80. The molecule has 0 bridgehead atoms. The maximum Gasteiger partial charge on any atom is 0.261 e. The molecule has 0 aliphatic heterocycles. The van der Waals surface area contributed by atoms with Crippen LogP contribution in [-0.2, 0) is 10.0 Å². The van der Waals surface area contributed by atoms with E-state index in [0.717, 1.165) is 40.2 Å². The maximum absolute atomic E-state index is 13.4. The lowest BCUT2D eigenvalue weighted by Gasteiger charge is -2.12. The minimum Gasteiger partial charge on any atom is -0.306 e. The van der Waals surface area contributed by atoms with Gasteiger partial charge in [-0.25, -0.2) is 17.8 Å². The summed E-state index contributed by atoms with van der Waals surface area (Å²) < 4.78 is 43.3. The van der Waals surface area contributed by atoms with Gasteiger partial charge in [0.25, 0.3) is 10.0 Å². The minimum absolute atomic E-state index is 0.114. The fourth-order valence-corrected chi connectivity index (χ4v) is 4.35. The average molecular weight is 430 g/mol. The fourth-order valence-electron chi connectivity index (χ4n) is 2.96. The van der Waals surface area contributed by atoms with Crippen LogP contribution in [0.15, 0.2) is 65.8 Å². The zero-order chi connectivity index (χ0) is 20.8. The van der Waals surface area contributed by atoms with Gasteiger partial charge >= 0.3 is 0 Å². The van der Waals surface area contributed by atoms with E-state index in [4.69, 9.17) is 11.6 Å². The van der Waals surface area contributed by atoms with Crippen LogP contribution in [0.3, 0.4) is 0 Å². The van der Waals surface area contributed by atoms with E-state index < -0.39 is 15.8 Å². The lowest BCUT2D eigenvalue weighted by Crippen LogP contribution is -2.14. The molecule has 148 valence electrons. The molecule has 0 spiro atoms. The van der Waals surface area contributed by atoms with E-state index in [2.05, 4.69) is 9.71 Å². The molecule has 29 heavy (non-hydrogen) atoms. The minimum atomic E-state index is -3.93. The van der Waals surface area contributed by atoms with Crippen molar-refractivity contribution in [3.05, 3.63) is 82.9 Å². The second-order valence-electron chi connectivity index (χ2n) is 6.81. The van der Waals surface area contributed by atoms with Crippen LogP contribution >= 0.6 is 11.6 Å². The summed E-state index contributed by atoms with van der Waals surface area (Å²) in [5.74, 6) is -0.675. The first-order valence-electron chi connectivity index (χ1n) is 8.77.